The van der Waals surface area contributed by atoms with Gasteiger partial charge in [0.05, 0.1) is 17.3 Å². The molecule has 0 radical (unpaired) electrons. The van der Waals surface area contributed by atoms with Crippen molar-refractivity contribution in [1.29, 1.82) is 5.26 Å². The minimum Gasteiger partial charge on any atom is -0.454 e. The Balaban J connectivity index is 1.58. The first-order valence-electron chi connectivity index (χ1n) is 10.8. The second-order valence-electron chi connectivity index (χ2n) is 7.52. The summed E-state index contributed by atoms with van der Waals surface area (Å²) in [6.45, 7) is 5.73. The van der Waals surface area contributed by atoms with Crippen LogP contribution in [0.25, 0.3) is 23.4 Å². The van der Waals surface area contributed by atoms with E-state index in [0.717, 1.165) is 16.7 Å². The lowest BCUT2D eigenvalue weighted by Crippen LogP contribution is -2.02. The number of anilines is 3. The number of ether oxygens (including phenoxy) is 1. The van der Waals surface area contributed by atoms with Crippen molar-refractivity contribution in [3.8, 4) is 28.8 Å². The van der Waals surface area contributed by atoms with Gasteiger partial charge in [-0.15, -0.1) is 0 Å². The normalized spacial score (nSPS) is 10.7. The Morgan fingerprint density at radius 3 is 2.54 bits per heavy atom. The molecule has 6 nitrogen and oxygen atoms in total. The number of halogens is 1. The third-order valence-corrected chi connectivity index (χ3v) is 5.13. The van der Waals surface area contributed by atoms with Gasteiger partial charge in [-0.1, -0.05) is 49.1 Å². The van der Waals surface area contributed by atoms with Crippen molar-refractivity contribution in [2.75, 3.05) is 11.1 Å². The fourth-order valence-electron chi connectivity index (χ4n) is 3.49. The molecule has 0 saturated carbocycles. The average molecular weight is 464 g/mol. The van der Waals surface area contributed by atoms with E-state index in [9.17, 15) is 4.39 Å². The molecule has 0 aliphatic rings. The Hall–Kier alpha value is -4.96. The Morgan fingerprint density at radius 1 is 1.06 bits per heavy atom. The van der Waals surface area contributed by atoms with Crippen LogP contribution in [0.15, 0.2) is 79.4 Å². The number of hydrogen-bond acceptors (Lipinski definition) is 6. The zero-order valence-corrected chi connectivity index (χ0v) is 19.0. The topological polar surface area (TPSA) is 96.8 Å². The molecule has 0 fully saturated rings. The van der Waals surface area contributed by atoms with Crippen molar-refractivity contribution in [2.45, 2.75) is 6.92 Å². The van der Waals surface area contributed by atoms with Crippen LogP contribution in [0.5, 0.6) is 11.5 Å². The van der Waals surface area contributed by atoms with Crippen LogP contribution >= 0.6 is 0 Å². The highest BCUT2D eigenvalue weighted by Crippen LogP contribution is 2.33. The first kappa shape index (κ1) is 23.2. The highest BCUT2D eigenvalue weighted by Gasteiger charge is 2.12. The SMILES string of the molecule is C=Cc1cccc(Oc2ccc(Nc3cc(-c4ccc(C#N)cc4)nc(N)n3)cc2F)c1/C=C\C. The molecule has 3 N–H and O–H groups in total. The van der Waals surface area contributed by atoms with Crippen molar-refractivity contribution in [3.63, 3.8) is 0 Å². The fraction of sp³-hybridized carbons (Fsp3) is 0.0357. The van der Waals surface area contributed by atoms with E-state index in [2.05, 4.69) is 27.9 Å². The molecular weight excluding hydrogens is 441 g/mol. The molecule has 1 heterocycles. The average Bonchev–Trinajstić information content (AvgIpc) is 2.86. The van der Waals surface area contributed by atoms with Crippen molar-refractivity contribution in [2.24, 2.45) is 0 Å². The molecular formula is C28H22FN5O. The number of allylic oxidation sites excluding steroid dienone is 1. The fourth-order valence-corrected chi connectivity index (χ4v) is 3.49. The van der Waals surface area contributed by atoms with Gasteiger partial charge in [-0.3, -0.25) is 0 Å². The van der Waals surface area contributed by atoms with E-state index >= 15 is 0 Å². The Bertz CT molecular complexity index is 1460. The predicted molar refractivity (Wildman–Crippen MR) is 138 cm³/mol. The zero-order chi connectivity index (χ0) is 24.8. The van der Waals surface area contributed by atoms with Crippen LogP contribution in [-0.2, 0) is 0 Å². The lowest BCUT2D eigenvalue weighted by atomic mass is 10.1. The summed E-state index contributed by atoms with van der Waals surface area (Å²) in [5.41, 5.74) is 9.95. The maximum absolute atomic E-state index is 14.9. The van der Waals surface area contributed by atoms with Crippen molar-refractivity contribution in [3.05, 3.63) is 102 Å². The van der Waals surface area contributed by atoms with Crippen LogP contribution in [0.3, 0.4) is 0 Å². The third-order valence-electron chi connectivity index (χ3n) is 5.13. The monoisotopic (exact) mass is 463 g/mol. The molecule has 7 heteroatoms. The van der Waals surface area contributed by atoms with Gasteiger partial charge >= 0.3 is 0 Å². The predicted octanol–water partition coefficient (Wildman–Crippen LogP) is 6.95. The highest BCUT2D eigenvalue weighted by atomic mass is 19.1. The number of benzene rings is 3. The van der Waals surface area contributed by atoms with Gasteiger partial charge in [0.25, 0.3) is 0 Å². The van der Waals surface area contributed by atoms with Gasteiger partial charge in [-0.05, 0) is 42.8 Å². The molecule has 4 aromatic rings. The number of aromatic nitrogens is 2. The van der Waals surface area contributed by atoms with E-state index in [1.165, 1.54) is 6.07 Å². The van der Waals surface area contributed by atoms with Gasteiger partial charge in [0, 0.05) is 28.9 Å². The van der Waals surface area contributed by atoms with Crippen molar-refractivity contribution < 1.29 is 9.13 Å². The first-order valence-corrected chi connectivity index (χ1v) is 10.8. The summed E-state index contributed by atoms with van der Waals surface area (Å²) in [7, 11) is 0. The summed E-state index contributed by atoms with van der Waals surface area (Å²) in [5, 5.41) is 12.0. The maximum atomic E-state index is 14.9. The van der Waals surface area contributed by atoms with E-state index in [4.69, 9.17) is 15.7 Å². The molecule has 0 bridgehead atoms. The molecule has 0 spiro atoms. The van der Waals surface area contributed by atoms with Crippen molar-refractivity contribution >= 4 is 29.6 Å². The highest BCUT2D eigenvalue weighted by molar-refractivity contribution is 5.70. The van der Waals surface area contributed by atoms with Gasteiger partial charge in [0.15, 0.2) is 11.6 Å². The molecule has 4 rings (SSSR count). The summed E-state index contributed by atoms with van der Waals surface area (Å²) in [5.74, 6) is 0.533. The molecule has 0 unspecified atom stereocenters. The summed E-state index contributed by atoms with van der Waals surface area (Å²) in [4.78, 5) is 8.45. The quantitative estimate of drug-likeness (QED) is 0.308. The maximum Gasteiger partial charge on any atom is 0.222 e. The van der Waals surface area contributed by atoms with Gasteiger partial charge in [-0.25, -0.2) is 9.37 Å². The molecule has 172 valence electrons. The molecule has 0 saturated heterocycles. The zero-order valence-electron chi connectivity index (χ0n) is 19.0. The Labute approximate surface area is 202 Å². The van der Waals surface area contributed by atoms with Crippen LogP contribution in [-0.4, -0.2) is 9.97 Å². The number of nitrogens with two attached hydrogens (primary N) is 1. The van der Waals surface area contributed by atoms with Crippen molar-refractivity contribution in [1.82, 2.24) is 9.97 Å². The Kier molecular flexibility index (Phi) is 6.84. The second-order valence-corrected chi connectivity index (χ2v) is 7.52. The number of nitrogen functional groups attached to an aromatic ring is 1. The number of rotatable bonds is 7. The van der Waals surface area contributed by atoms with E-state index in [1.807, 2.05) is 31.2 Å². The third kappa shape index (κ3) is 5.34. The van der Waals surface area contributed by atoms with Crippen LogP contribution in [0.2, 0.25) is 0 Å². The second kappa shape index (κ2) is 10.3. The minimum atomic E-state index is -0.542. The van der Waals surface area contributed by atoms with Crippen LogP contribution in [0.1, 0.15) is 23.6 Å². The largest absolute Gasteiger partial charge is 0.454 e. The summed E-state index contributed by atoms with van der Waals surface area (Å²) >= 11 is 0. The van der Waals surface area contributed by atoms with E-state index in [-0.39, 0.29) is 11.7 Å². The van der Waals surface area contributed by atoms with Crippen LogP contribution < -0.4 is 15.8 Å². The first-order chi connectivity index (χ1) is 17.0. The summed E-state index contributed by atoms with van der Waals surface area (Å²) in [6, 6.07) is 20.8. The van der Waals surface area contributed by atoms with Gasteiger partial charge in [-0.2, -0.15) is 10.2 Å². The molecule has 0 aliphatic carbocycles. The number of nitrogens with zero attached hydrogens (tertiary/aromatic N) is 3. The van der Waals surface area contributed by atoms with E-state index in [1.54, 1.807) is 54.6 Å². The molecule has 0 atom stereocenters. The minimum absolute atomic E-state index is 0.0633. The summed E-state index contributed by atoms with van der Waals surface area (Å²) in [6.07, 6.45) is 5.51. The molecule has 35 heavy (non-hydrogen) atoms. The number of hydrogen-bond donors (Lipinski definition) is 2. The molecule has 0 aliphatic heterocycles. The number of nitrogens with one attached hydrogen (secondary N) is 1. The van der Waals surface area contributed by atoms with Gasteiger partial charge in [0.2, 0.25) is 5.95 Å². The van der Waals surface area contributed by atoms with E-state index < -0.39 is 5.82 Å². The lowest BCUT2D eigenvalue weighted by molar-refractivity contribution is 0.441. The van der Waals surface area contributed by atoms with Crippen LogP contribution in [0, 0.1) is 17.1 Å². The van der Waals surface area contributed by atoms with Gasteiger partial charge < -0.3 is 15.8 Å². The molecule has 0 amide bonds. The van der Waals surface area contributed by atoms with E-state index in [0.29, 0.717) is 28.5 Å². The van der Waals surface area contributed by atoms with Gasteiger partial charge in [0.1, 0.15) is 11.6 Å². The smallest absolute Gasteiger partial charge is 0.222 e. The summed E-state index contributed by atoms with van der Waals surface area (Å²) < 4.78 is 20.8. The molecule has 1 aromatic heterocycles. The lowest BCUT2D eigenvalue weighted by Gasteiger charge is -2.13. The number of nitriles is 1. The Morgan fingerprint density at radius 2 is 1.86 bits per heavy atom. The standard InChI is InChI=1S/C28H22FN5O/c1-3-6-22-19(4-2)7-5-8-25(22)35-26-14-13-21(15-23(26)29)32-27-16-24(33-28(31)34-27)20-11-9-18(17-30)10-12-20/h3-16H,2H2,1H3,(H3,31,32,33,34)/b6-3-. The molecule has 3 aromatic carbocycles. The van der Waals surface area contributed by atoms with Crippen LogP contribution in [0.4, 0.5) is 21.8 Å².